The summed E-state index contributed by atoms with van der Waals surface area (Å²) in [7, 11) is 0. The van der Waals surface area contributed by atoms with Gasteiger partial charge in [0.15, 0.2) is 0 Å². The molecule has 2 N–H and O–H groups in total. The van der Waals surface area contributed by atoms with Crippen molar-refractivity contribution >= 4 is 21.9 Å². The normalized spacial score (nSPS) is 10.4. The lowest BCUT2D eigenvalue weighted by Gasteiger charge is -2.07. The van der Waals surface area contributed by atoms with Gasteiger partial charge in [0.2, 0.25) is 0 Å². The minimum absolute atomic E-state index is 0.314. The maximum Gasteiger partial charge on any atom is 0.335 e. The number of benzene rings is 2. The summed E-state index contributed by atoms with van der Waals surface area (Å²) in [5.74, 6) is -0.896. The van der Waals surface area contributed by atoms with Crippen molar-refractivity contribution in [2.75, 3.05) is 0 Å². The number of nitrogens with one attached hydrogen (secondary N) is 1. The highest BCUT2D eigenvalue weighted by atomic mass is 79.9. The molecule has 0 unspecified atom stereocenters. The molecule has 2 rings (SSSR count). The van der Waals surface area contributed by atoms with Crippen molar-refractivity contribution < 1.29 is 9.90 Å². The van der Waals surface area contributed by atoms with Gasteiger partial charge in [0.05, 0.1) is 5.56 Å². The van der Waals surface area contributed by atoms with Gasteiger partial charge in [-0.25, -0.2) is 4.79 Å². The molecule has 0 aliphatic heterocycles. The third-order valence-corrected chi connectivity index (χ3v) is 3.58. The van der Waals surface area contributed by atoms with Crippen LogP contribution in [0.1, 0.15) is 21.5 Å². The van der Waals surface area contributed by atoms with E-state index < -0.39 is 5.97 Å². The van der Waals surface area contributed by atoms with Crippen molar-refractivity contribution in [1.29, 1.82) is 0 Å². The van der Waals surface area contributed by atoms with Gasteiger partial charge in [-0.2, -0.15) is 0 Å². The average molecular weight is 320 g/mol. The molecule has 19 heavy (non-hydrogen) atoms. The number of carbonyl (C=O) groups is 1. The van der Waals surface area contributed by atoms with Gasteiger partial charge in [-0.05, 0) is 29.3 Å². The van der Waals surface area contributed by atoms with Gasteiger partial charge >= 0.3 is 5.97 Å². The van der Waals surface area contributed by atoms with Crippen LogP contribution in [0, 0.1) is 0 Å². The van der Waals surface area contributed by atoms with Crippen LogP contribution >= 0.6 is 15.9 Å². The summed E-state index contributed by atoms with van der Waals surface area (Å²) in [6.45, 7) is 1.48. The summed E-state index contributed by atoms with van der Waals surface area (Å²) in [6.07, 6.45) is 0. The van der Waals surface area contributed by atoms with Crippen molar-refractivity contribution in [2.24, 2.45) is 0 Å². The highest BCUT2D eigenvalue weighted by molar-refractivity contribution is 9.10. The van der Waals surface area contributed by atoms with Crippen LogP contribution in [-0.4, -0.2) is 11.1 Å². The summed E-state index contributed by atoms with van der Waals surface area (Å²) < 4.78 is 1.09. The summed E-state index contributed by atoms with van der Waals surface area (Å²) in [6, 6.07) is 15.0. The second kappa shape index (κ2) is 6.50. The van der Waals surface area contributed by atoms with E-state index in [1.807, 2.05) is 30.3 Å². The first-order valence-electron chi connectivity index (χ1n) is 5.93. The van der Waals surface area contributed by atoms with Gasteiger partial charge < -0.3 is 10.4 Å². The highest BCUT2D eigenvalue weighted by Crippen LogP contribution is 2.15. The first-order valence-corrected chi connectivity index (χ1v) is 6.72. The topological polar surface area (TPSA) is 49.3 Å². The van der Waals surface area contributed by atoms with Gasteiger partial charge in [-0.15, -0.1) is 0 Å². The van der Waals surface area contributed by atoms with Crippen molar-refractivity contribution in [2.45, 2.75) is 13.1 Å². The van der Waals surface area contributed by atoms with E-state index in [1.54, 1.807) is 12.1 Å². The maximum atomic E-state index is 10.7. The van der Waals surface area contributed by atoms with E-state index in [9.17, 15) is 4.79 Å². The zero-order valence-electron chi connectivity index (χ0n) is 10.3. The monoisotopic (exact) mass is 319 g/mol. The van der Waals surface area contributed by atoms with Crippen LogP contribution in [0.25, 0.3) is 0 Å². The van der Waals surface area contributed by atoms with Gasteiger partial charge in [0.25, 0.3) is 0 Å². The van der Waals surface area contributed by atoms with Gasteiger partial charge in [0, 0.05) is 17.6 Å². The Hall–Kier alpha value is -1.65. The zero-order chi connectivity index (χ0) is 13.7. The molecule has 0 aliphatic carbocycles. The molecule has 0 radical (unpaired) electrons. The van der Waals surface area contributed by atoms with Crippen LogP contribution in [0.2, 0.25) is 0 Å². The summed E-state index contributed by atoms with van der Waals surface area (Å²) >= 11 is 3.50. The molecule has 98 valence electrons. The molecule has 0 fully saturated rings. The molecule has 2 aromatic carbocycles. The Balaban J connectivity index is 1.89. The lowest BCUT2D eigenvalue weighted by atomic mass is 10.1. The summed E-state index contributed by atoms with van der Waals surface area (Å²) in [5, 5.41) is 12.1. The Kier molecular flexibility index (Phi) is 4.71. The van der Waals surface area contributed by atoms with Gasteiger partial charge in [-0.1, -0.05) is 46.3 Å². The fraction of sp³-hybridized carbons (Fsp3) is 0.133. The molecule has 3 nitrogen and oxygen atoms in total. The van der Waals surface area contributed by atoms with Crippen molar-refractivity contribution in [3.8, 4) is 0 Å². The number of aromatic carboxylic acids is 1. The molecule has 0 aromatic heterocycles. The standard InChI is InChI=1S/C15H14BrNO2/c16-14-4-2-1-3-13(14)10-17-9-11-5-7-12(8-6-11)15(18)19/h1-8,17H,9-10H2,(H,18,19). The SMILES string of the molecule is O=C(O)c1ccc(CNCc2ccccc2Br)cc1. The molecule has 0 saturated carbocycles. The Morgan fingerprint density at radius 3 is 2.37 bits per heavy atom. The summed E-state index contributed by atoms with van der Waals surface area (Å²) in [4.78, 5) is 10.7. The van der Waals surface area contributed by atoms with Gasteiger partial charge in [-0.3, -0.25) is 0 Å². The molecule has 0 atom stereocenters. The van der Waals surface area contributed by atoms with E-state index in [2.05, 4.69) is 27.3 Å². The molecular weight excluding hydrogens is 306 g/mol. The number of carboxylic acid groups (broad SMARTS) is 1. The molecule has 0 heterocycles. The minimum Gasteiger partial charge on any atom is -0.478 e. The Morgan fingerprint density at radius 1 is 1.05 bits per heavy atom. The highest BCUT2D eigenvalue weighted by Gasteiger charge is 2.02. The third kappa shape index (κ3) is 3.91. The van der Waals surface area contributed by atoms with E-state index in [1.165, 1.54) is 5.56 Å². The lowest BCUT2D eigenvalue weighted by Crippen LogP contribution is -2.13. The first kappa shape index (κ1) is 13.8. The number of halogens is 1. The van der Waals surface area contributed by atoms with Crippen LogP contribution in [0.4, 0.5) is 0 Å². The lowest BCUT2D eigenvalue weighted by molar-refractivity contribution is 0.0697. The fourth-order valence-corrected chi connectivity index (χ4v) is 2.17. The molecule has 0 spiro atoms. The molecule has 2 aromatic rings. The van der Waals surface area contributed by atoms with Crippen LogP contribution in [-0.2, 0) is 13.1 Å². The van der Waals surface area contributed by atoms with Crippen LogP contribution in [0.5, 0.6) is 0 Å². The van der Waals surface area contributed by atoms with E-state index in [-0.39, 0.29) is 0 Å². The van der Waals surface area contributed by atoms with Crippen molar-refractivity contribution in [3.63, 3.8) is 0 Å². The van der Waals surface area contributed by atoms with Crippen molar-refractivity contribution in [3.05, 3.63) is 69.7 Å². The largest absolute Gasteiger partial charge is 0.478 e. The molecular formula is C15H14BrNO2. The number of hydrogen-bond donors (Lipinski definition) is 2. The van der Waals surface area contributed by atoms with E-state index in [0.29, 0.717) is 12.1 Å². The predicted molar refractivity (Wildman–Crippen MR) is 78.1 cm³/mol. The van der Waals surface area contributed by atoms with Crippen LogP contribution in [0.3, 0.4) is 0 Å². The molecule has 0 aliphatic rings. The Bertz CT molecular complexity index is 567. The molecule has 4 heteroatoms. The Labute approximate surface area is 120 Å². The van der Waals surface area contributed by atoms with Crippen molar-refractivity contribution in [1.82, 2.24) is 5.32 Å². The van der Waals surface area contributed by atoms with Gasteiger partial charge in [0.1, 0.15) is 0 Å². The number of hydrogen-bond acceptors (Lipinski definition) is 2. The Morgan fingerprint density at radius 2 is 1.74 bits per heavy atom. The smallest absolute Gasteiger partial charge is 0.335 e. The van der Waals surface area contributed by atoms with E-state index in [4.69, 9.17) is 5.11 Å². The van der Waals surface area contributed by atoms with E-state index >= 15 is 0 Å². The molecule has 0 bridgehead atoms. The van der Waals surface area contributed by atoms with E-state index in [0.717, 1.165) is 16.6 Å². The second-order valence-electron chi connectivity index (χ2n) is 4.20. The second-order valence-corrected chi connectivity index (χ2v) is 5.05. The minimum atomic E-state index is -0.896. The van der Waals surface area contributed by atoms with Crippen LogP contribution < -0.4 is 5.32 Å². The number of rotatable bonds is 5. The predicted octanol–water partition coefficient (Wildman–Crippen LogP) is 3.44. The zero-order valence-corrected chi connectivity index (χ0v) is 11.9. The molecule has 0 saturated heterocycles. The first-order chi connectivity index (χ1) is 9.16. The summed E-state index contributed by atoms with van der Waals surface area (Å²) in [5.41, 5.74) is 2.58. The van der Waals surface area contributed by atoms with Crippen LogP contribution in [0.15, 0.2) is 53.0 Å². The quantitative estimate of drug-likeness (QED) is 0.887. The fourth-order valence-electron chi connectivity index (χ4n) is 1.75. The third-order valence-electron chi connectivity index (χ3n) is 2.80. The average Bonchev–Trinajstić information content (AvgIpc) is 2.41. The number of carboxylic acids is 1. The maximum absolute atomic E-state index is 10.7. The molecule has 0 amide bonds.